The Morgan fingerprint density at radius 1 is 1.38 bits per heavy atom. The number of hydrogen-bond donors (Lipinski definition) is 2. The minimum atomic E-state index is 0.473. The second-order valence-electron chi connectivity index (χ2n) is 5.90. The summed E-state index contributed by atoms with van der Waals surface area (Å²) in [6, 6.07) is 9.53. The number of anilines is 1. The standard InChI is InChI=1S/C17H23N3O/c1-12(10-16-4-3-9-18-16)19-15-7-5-14(6-8-15)17-11-21-13(2)20-17/h5-8,11-12,16,18-19H,3-4,9-10H2,1-2H3. The Morgan fingerprint density at radius 2 is 2.19 bits per heavy atom. The van der Waals surface area contributed by atoms with E-state index in [-0.39, 0.29) is 0 Å². The van der Waals surface area contributed by atoms with Crippen molar-refractivity contribution >= 4 is 5.69 Å². The number of rotatable bonds is 5. The van der Waals surface area contributed by atoms with Crippen molar-refractivity contribution in [3.05, 3.63) is 36.4 Å². The molecule has 1 aliphatic heterocycles. The van der Waals surface area contributed by atoms with Crippen LogP contribution in [0.5, 0.6) is 0 Å². The molecule has 0 bridgehead atoms. The Morgan fingerprint density at radius 3 is 2.81 bits per heavy atom. The van der Waals surface area contributed by atoms with Gasteiger partial charge in [-0.2, -0.15) is 0 Å². The molecule has 4 nitrogen and oxygen atoms in total. The van der Waals surface area contributed by atoms with Crippen LogP contribution in [0.15, 0.2) is 34.9 Å². The lowest BCUT2D eigenvalue weighted by Gasteiger charge is -2.19. The van der Waals surface area contributed by atoms with Gasteiger partial charge in [0.1, 0.15) is 12.0 Å². The van der Waals surface area contributed by atoms with E-state index in [0.717, 1.165) is 16.9 Å². The van der Waals surface area contributed by atoms with E-state index >= 15 is 0 Å². The fourth-order valence-electron chi connectivity index (χ4n) is 2.96. The molecule has 0 saturated carbocycles. The van der Waals surface area contributed by atoms with Gasteiger partial charge in [-0.3, -0.25) is 0 Å². The van der Waals surface area contributed by atoms with E-state index in [0.29, 0.717) is 18.0 Å². The summed E-state index contributed by atoms with van der Waals surface area (Å²) in [5.41, 5.74) is 3.13. The van der Waals surface area contributed by atoms with E-state index in [1.54, 1.807) is 6.26 Å². The predicted octanol–water partition coefficient (Wildman–Crippen LogP) is 3.59. The highest BCUT2D eigenvalue weighted by atomic mass is 16.3. The second-order valence-corrected chi connectivity index (χ2v) is 5.90. The van der Waals surface area contributed by atoms with Crippen molar-refractivity contribution in [3.8, 4) is 11.3 Å². The minimum absolute atomic E-state index is 0.473. The zero-order valence-corrected chi connectivity index (χ0v) is 12.7. The number of nitrogens with one attached hydrogen (secondary N) is 2. The molecule has 1 saturated heterocycles. The zero-order chi connectivity index (χ0) is 14.7. The summed E-state index contributed by atoms with van der Waals surface area (Å²) in [7, 11) is 0. The molecule has 0 amide bonds. The summed E-state index contributed by atoms with van der Waals surface area (Å²) < 4.78 is 5.25. The first-order valence-electron chi connectivity index (χ1n) is 7.73. The van der Waals surface area contributed by atoms with Gasteiger partial charge in [-0.15, -0.1) is 0 Å². The fraction of sp³-hybridized carbons (Fsp3) is 0.471. The number of aryl methyl sites for hydroxylation is 1. The van der Waals surface area contributed by atoms with Crippen molar-refractivity contribution in [2.75, 3.05) is 11.9 Å². The Bertz CT molecular complexity index is 570. The van der Waals surface area contributed by atoms with E-state index < -0.39 is 0 Å². The molecule has 2 aromatic rings. The van der Waals surface area contributed by atoms with E-state index in [1.807, 2.05) is 6.92 Å². The van der Waals surface area contributed by atoms with Crippen LogP contribution >= 0.6 is 0 Å². The summed E-state index contributed by atoms with van der Waals surface area (Å²) in [5, 5.41) is 7.12. The van der Waals surface area contributed by atoms with Gasteiger partial charge in [0.15, 0.2) is 5.89 Å². The molecule has 1 fully saturated rings. The highest BCUT2D eigenvalue weighted by molar-refractivity contribution is 5.61. The number of benzene rings is 1. The molecule has 0 aliphatic carbocycles. The van der Waals surface area contributed by atoms with Crippen molar-refractivity contribution < 1.29 is 4.42 Å². The quantitative estimate of drug-likeness (QED) is 0.881. The van der Waals surface area contributed by atoms with Gasteiger partial charge in [0.05, 0.1) is 0 Å². The van der Waals surface area contributed by atoms with Crippen LogP contribution < -0.4 is 10.6 Å². The van der Waals surface area contributed by atoms with Gasteiger partial charge in [0, 0.05) is 30.3 Å². The zero-order valence-electron chi connectivity index (χ0n) is 12.7. The molecule has 2 heterocycles. The van der Waals surface area contributed by atoms with Crippen LogP contribution in [0.25, 0.3) is 11.3 Å². The van der Waals surface area contributed by atoms with Crippen LogP contribution in [0.1, 0.15) is 32.1 Å². The number of hydrogen-bond acceptors (Lipinski definition) is 4. The first-order valence-corrected chi connectivity index (χ1v) is 7.73. The lowest BCUT2D eigenvalue weighted by atomic mass is 10.1. The van der Waals surface area contributed by atoms with Gasteiger partial charge in [0.2, 0.25) is 0 Å². The van der Waals surface area contributed by atoms with Crippen molar-refractivity contribution in [1.29, 1.82) is 0 Å². The van der Waals surface area contributed by atoms with Crippen LogP contribution in [0.4, 0.5) is 5.69 Å². The molecular weight excluding hydrogens is 262 g/mol. The summed E-state index contributed by atoms with van der Waals surface area (Å²) in [5.74, 6) is 0.699. The highest BCUT2D eigenvalue weighted by Gasteiger charge is 2.16. The first-order chi connectivity index (χ1) is 10.2. The Kier molecular flexibility index (Phi) is 4.25. The molecule has 112 valence electrons. The molecular formula is C17H23N3O. The van der Waals surface area contributed by atoms with Crippen LogP contribution in [-0.2, 0) is 0 Å². The number of nitrogens with zero attached hydrogens (tertiary/aromatic N) is 1. The molecule has 2 atom stereocenters. The van der Waals surface area contributed by atoms with Crippen molar-refractivity contribution in [2.45, 2.75) is 45.2 Å². The average molecular weight is 285 g/mol. The molecule has 1 aliphatic rings. The van der Waals surface area contributed by atoms with E-state index in [2.05, 4.69) is 46.8 Å². The third-order valence-electron chi connectivity index (χ3n) is 4.01. The smallest absolute Gasteiger partial charge is 0.191 e. The van der Waals surface area contributed by atoms with Gasteiger partial charge in [-0.25, -0.2) is 4.98 Å². The van der Waals surface area contributed by atoms with Gasteiger partial charge >= 0.3 is 0 Å². The molecule has 2 unspecified atom stereocenters. The molecule has 3 rings (SSSR count). The molecule has 4 heteroatoms. The monoisotopic (exact) mass is 285 g/mol. The van der Waals surface area contributed by atoms with Crippen LogP contribution in [0, 0.1) is 6.92 Å². The minimum Gasteiger partial charge on any atom is -0.449 e. The van der Waals surface area contributed by atoms with Gasteiger partial charge in [-0.05, 0) is 44.9 Å². The topological polar surface area (TPSA) is 50.1 Å². The van der Waals surface area contributed by atoms with Gasteiger partial charge in [0.25, 0.3) is 0 Å². The summed E-state index contributed by atoms with van der Waals surface area (Å²) >= 11 is 0. The maximum absolute atomic E-state index is 5.25. The van der Waals surface area contributed by atoms with E-state index in [9.17, 15) is 0 Å². The van der Waals surface area contributed by atoms with Gasteiger partial charge in [-0.1, -0.05) is 12.1 Å². The molecule has 2 N–H and O–H groups in total. The Balaban J connectivity index is 1.58. The van der Waals surface area contributed by atoms with Crippen molar-refractivity contribution in [1.82, 2.24) is 10.3 Å². The summed E-state index contributed by atoms with van der Waals surface area (Å²) in [6.07, 6.45) is 5.48. The molecule has 1 aromatic carbocycles. The average Bonchev–Trinajstić information content (AvgIpc) is 3.11. The van der Waals surface area contributed by atoms with E-state index in [1.165, 1.54) is 25.8 Å². The maximum atomic E-state index is 5.25. The van der Waals surface area contributed by atoms with Crippen molar-refractivity contribution in [3.63, 3.8) is 0 Å². The molecule has 0 radical (unpaired) electrons. The normalized spacial score (nSPS) is 19.6. The lowest BCUT2D eigenvalue weighted by molar-refractivity contribution is 0.521. The Labute approximate surface area is 126 Å². The number of aromatic nitrogens is 1. The van der Waals surface area contributed by atoms with Crippen molar-refractivity contribution in [2.24, 2.45) is 0 Å². The summed E-state index contributed by atoms with van der Waals surface area (Å²) in [4.78, 5) is 4.34. The van der Waals surface area contributed by atoms with Gasteiger partial charge < -0.3 is 15.1 Å². The SMILES string of the molecule is Cc1nc(-c2ccc(NC(C)CC3CCCN3)cc2)co1. The molecule has 1 aromatic heterocycles. The third kappa shape index (κ3) is 3.64. The summed E-state index contributed by atoms with van der Waals surface area (Å²) in [6.45, 7) is 5.27. The first kappa shape index (κ1) is 14.1. The maximum Gasteiger partial charge on any atom is 0.191 e. The fourth-order valence-corrected chi connectivity index (χ4v) is 2.96. The molecule has 21 heavy (non-hydrogen) atoms. The predicted molar refractivity (Wildman–Crippen MR) is 85.4 cm³/mol. The number of oxazole rings is 1. The van der Waals surface area contributed by atoms with E-state index in [4.69, 9.17) is 4.42 Å². The van der Waals surface area contributed by atoms with Crippen LogP contribution in [0.2, 0.25) is 0 Å². The Hall–Kier alpha value is -1.81. The third-order valence-corrected chi connectivity index (χ3v) is 4.01. The largest absolute Gasteiger partial charge is 0.449 e. The lowest BCUT2D eigenvalue weighted by Crippen LogP contribution is -2.29. The highest BCUT2D eigenvalue weighted by Crippen LogP contribution is 2.22. The molecule has 0 spiro atoms. The van der Waals surface area contributed by atoms with Crippen LogP contribution in [-0.4, -0.2) is 23.6 Å². The van der Waals surface area contributed by atoms with Crippen LogP contribution in [0.3, 0.4) is 0 Å². The second kappa shape index (κ2) is 6.31.